The highest BCUT2D eigenvalue weighted by Gasteiger charge is 2.19. The van der Waals surface area contributed by atoms with Crippen LogP contribution in [0, 0.1) is 0 Å². The Kier molecular flexibility index (Phi) is 8.15. The Bertz CT molecular complexity index is 3940. The lowest BCUT2D eigenvalue weighted by Gasteiger charge is -2.12. The molecule has 0 radical (unpaired) electrons. The Morgan fingerprint density at radius 3 is 1.67 bits per heavy atom. The third-order valence-electron chi connectivity index (χ3n) is 12.6. The zero-order valence-corrected chi connectivity index (χ0v) is 34.5. The fourth-order valence-corrected chi connectivity index (χ4v) is 9.54. The highest BCUT2D eigenvalue weighted by molar-refractivity contribution is 6.22. The van der Waals surface area contributed by atoms with Crippen molar-refractivity contribution in [3.8, 4) is 62.1 Å². The van der Waals surface area contributed by atoms with Crippen molar-refractivity contribution < 1.29 is 4.42 Å². The van der Waals surface area contributed by atoms with Gasteiger partial charge in [0.1, 0.15) is 11.2 Å². The third-order valence-corrected chi connectivity index (χ3v) is 12.6. The molecule has 0 spiro atoms. The normalized spacial score (nSPS) is 11.8. The van der Waals surface area contributed by atoms with Gasteiger partial charge in [0.25, 0.3) is 0 Å². The molecule has 13 rings (SSSR count). The van der Waals surface area contributed by atoms with Crippen LogP contribution in [-0.4, -0.2) is 19.5 Å². The van der Waals surface area contributed by atoms with Crippen molar-refractivity contribution in [1.82, 2.24) is 19.5 Å². The largest absolute Gasteiger partial charge is 0.456 e. The number of benzene rings is 10. The van der Waals surface area contributed by atoms with E-state index in [1.54, 1.807) is 0 Å². The predicted octanol–water partition coefficient (Wildman–Crippen LogP) is 15.5. The van der Waals surface area contributed by atoms with Crippen LogP contribution in [0.25, 0.3) is 127 Å². The number of hydrogen-bond acceptors (Lipinski definition) is 4. The first-order valence-electron chi connectivity index (χ1n) is 21.6. The van der Waals surface area contributed by atoms with Crippen molar-refractivity contribution in [2.24, 2.45) is 0 Å². The maximum atomic E-state index is 6.32. The van der Waals surface area contributed by atoms with Gasteiger partial charge in [0.2, 0.25) is 0 Å². The Morgan fingerprint density at radius 1 is 0.312 bits per heavy atom. The molecule has 5 nitrogen and oxygen atoms in total. The van der Waals surface area contributed by atoms with E-state index in [1.165, 1.54) is 37.9 Å². The van der Waals surface area contributed by atoms with Gasteiger partial charge in [0.15, 0.2) is 17.5 Å². The number of para-hydroxylation sites is 1. The van der Waals surface area contributed by atoms with Gasteiger partial charge in [0, 0.05) is 43.9 Å². The summed E-state index contributed by atoms with van der Waals surface area (Å²) in [7, 11) is 0. The second-order valence-electron chi connectivity index (χ2n) is 16.4. The first-order valence-corrected chi connectivity index (χ1v) is 21.6. The van der Waals surface area contributed by atoms with Gasteiger partial charge in [-0.1, -0.05) is 164 Å². The smallest absolute Gasteiger partial charge is 0.164 e. The van der Waals surface area contributed by atoms with Crippen LogP contribution in [0.2, 0.25) is 0 Å². The van der Waals surface area contributed by atoms with Gasteiger partial charge in [-0.05, 0) is 98.4 Å². The number of furan rings is 1. The number of fused-ring (bicyclic) bond motifs is 9. The number of hydrogen-bond donors (Lipinski definition) is 0. The summed E-state index contributed by atoms with van der Waals surface area (Å²) >= 11 is 0. The van der Waals surface area contributed by atoms with Crippen LogP contribution in [0.4, 0.5) is 0 Å². The Balaban J connectivity index is 0.939. The van der Waals surface area contributed by atoms with Gasteiger partial charge in [-0.2, -0.15) is 0 Å². The quantitative estimate of drug-likeness (QED) is 0.168. The predicted molar refractivity (Wildman–Crippen MR) is 264 cm³/mol. The van der Waals surface area contributed by atoms with Crippen LogP contribution in [0.15, 0.2) is 223 Å². The molecule has 3 heterocycles. The summed E-state index contributed by atoms with van der Waals surface area (Å²) in [6.07, 6.45) is 0. The van der Waals surface area contributed by atoms with Gasteiger partial charge < -0.3 is 8.98 Å². The van der Waals surface area contributed by atoms with Crippen molar-refractivity contribution in [1.29, 1.82) is 0 Å². The van der Waals surface area contributed by atoms with Crippen LogP contribution < -0.4 is 0 Å². The minimum Gasteiger partial charge on any atom is -0.456 e. The SMILES string of the molecule is c1ccc(-c2nc(-c3ccc(-c4ccc5ccccc5c4)cc3)nc(-c3ccc(-n4c5cc(-c6cccc7oc8ccccc8c67)ccc5c5c6ccccc6ccc54)cc3)n2)cc1. The van der Waals surface area contributed by atoms with E-state index in [0.717, 1.165) is 72.0 Å². The minimum absolute atomic E-state index is 0.616. The van der Waals surface area contributed by atoms with Gasteiger partial charge in [0.05, 0.1) is 11.0 Å². The van der Waals surface area contributed by atoms with Crippen molar-refractivity contribution >= 4 is 65.3 Å². The lowest BCUT2D eigenvalue weighted by Crippen LogP contribution is -2.00. The summed E-state index contributed by atoms with van der Waals surface area (Å²) in [6, 6.07) is 77.0. The monoisotopic (exact) mass is 816 g/mol. The highest BCUT2D eigenvalue weighted by atomic mass is 16.3. The van der Waals surface area contributed by atoms with E-state index in [1.807, 2.05) is 42.5 Å². The van der Waals surface area contributed by atoms with Crippen molar-refractivity contribution in [3.63, 3.8) is 0 Å². The average Bonchev–Trinajstić information content (AvgIpc) is 3.92. The Morgan fingerprint density at radius 2 is 0.891 bits per heavy atom. The maximum absolute atomic E-state index is 6.32. The molecule has 0 bridgehead atoms. The van der Waals surface area contributed by atoms with Gasteiger partial charge in [-0.3, -0.25) is 0 Å². The van der Waals surface area contributed by atoms with Gasteiger partial charge in [-0.25, -0.2) is 15.0 Å². The zero-order valence-electron chi connectivity index (χ0n) is 34.5. The van der Waals surface area contributed by atoms with E-state index < -0.39 is 0 Å². The summed E-state index contributed by atoms with van der Waals surface area (Å²) in [5, 5.41) is 9.57. The van der Waals surface area contributed by atoms with Gasteiger partial charge in [-0.15, -0.1) is 0 Å². The fraction of sp³-hybridized carbons (Fsp3) is 0. The van der Waals surface area contributed by atoms with Crippen molar-refractivity contribution in [2.75, 3.05) is 0 Å². The van der Waals surface area contributed by atoms with E-state index in [2.05, 4.69) is 180 Å². The standard InChI is InChI=1S/C59H36N4O/c1-2-13-40(14-3-1)57-60-58(41-24-21-38(22-25-41)44-26-23-37-11-4-5-15-43(37)35-44)62-59(61-57)42-27-31-46(32-28-42)63-51-34-30-39-12-6-7-16-47(39)55(51)49-33-29-45(36-52(49)63)48-18-10-20-54-56(48)50-17-8-9-19-53(50)64-54/h1-36H. The summed E-state index contributed by atoms with van der Waals surface area (Å²) < 4.78 is 8.71. The molecule has 0 aliphatic carbocycles. The number of aromatic nitrogens is 4. The lowest BCUT2D eigenvalue weighted by atomic mass is 9.97. The molecule has 0 amide bonds. The molecule has 0 saturated carbocycles. The second kappa shape index (κ2) is 14.5. The van der Waals surface area contributed by atoms with E-state index in [0.29, 0.717) is 17.5 Å². The third kappa shape index (κ3) is 5.90. The molecule has 0 N–H and O–H groups in total. The van der Waals surface area contributed by atoms with Crippen LogP contribution >= 0.6 is 0 Å². The molecule has 0 aliphatic rings. The van der Waals surface area contributed by atoms with E-state index in [-0.39, 0.29) is 0 Å². The molecule has 13 aromatic rings. The molecule has 0 fully saturated rings. The molecule has 0 atom stereocenters. The van der Waals surface area contributed by atoms with Crippen molar-refractivity contribution in [2.45, 2.75) is 0 Å². The average molecular weight is 817 g/mol. The molecule has 0 saturated heterocycles. The van der Waals surface area contributed by atoms with Crippen LogP contribution in [0.3, 0.4) is 0 Å². The molecule has 5 heteroatoms. The number of nitrogens with zero attached hydrogens (tertiary/aromatic N) is 4. The fourth-order valence-electron chi connectivity index (χ4n) is 9.54. The topological polar surface area (TPSA) is 56.7 Å². The molecule has 10 aromatic carbocycles. The first kappa shape index (κ1) is 36.0. The van der Waals surface area contributed by atoms with Gasteiger partial charge >= 0.3 is 0 Å². The molecule has 3 aromatic heterocycles. The number of rotatable bonds is 6. The van der Waals surface area contributed by atoms with E-state index in [9.17, 15) is 0 Å². The van der Waals surface area contributed by atoms with E-state index >= 15 is 0 Å². The summed E-state index contributed by atoms with van der Waals surface area (Å²) in [6.45, 7) is 0. The summed E-state index contributed by atoms with van der Waals surface area (Å²) in [4.78, 5) is 15.2. The summed E-state index contributed by atoms with van der Waals surface area (Å²) in [5.41, 5.74) is 12.4. The van der Waals surface area contributed by atoms with E-state index in [4.69, 9.17) is 19.4 Å². The van der Waals surface area contributed by atoms with Crippen molar-refractivity contribution in [3.05, 3.63) is 218 Å². The molecule has 298 valence electrons. The summed E-state index contributed by atoms with van der Waals surface area (Å²) in [5.74, 6) is 1.87. The van der Waals surface area contributed by atoms with Crippen LogP contribution in [-0.2, 0) is 0 Å². The molecular weight excluding hydrogens is 781 g/mol. The molecule has 0 unspecified atom stereocenters. The highest BCUT2D eigenvalue weighted by Crippen LogP contribution is 2.42. The molecule has 64 heavy (non-hydrogen) atoms. The lowest BCUT2D eigenvalue weighted by molar-refractivity contribution is 0.669. The Labute approximate surface area is 368 Å². The zero-order chi connectivity index (χ0) is 42.1. The molecule has 0 aliphatic heterocycles. The maximum Gasteiger partial charge on any atom is 0.164 e. The second-order valence-corrected chi connectivity index (χ2v) is 16.4. The van der Waals surface area contributed by atoms with Crippen LogP contribution in [0.1, 0.15) is 0 Å². The minimum atomic E-state index is 0.616. The van der Waals surface area contributed by atoms with Crippen LogP contribution in [0.5, 0.6) is 0 Å². The Hall–Kier alpha value is -8.67. The first-order chi connectivity index (χ1) is 31.7. The molecular formula is C59H36N4O.